The molecule has 1 unspecified atom stereocenters. The first-order valence-corrected chi connectivity index (χ1v) is 5.87. The van der Waals surface area contributed by atoms with Crippen molar-refractivity contribution in [1.82, 2.24) is 5.32 Å². The van der Waals surface area contributed by atoms with Crippen LogP contribution in [0.2, 0.25) is 0 Å². The second kappa shape index (κ2) is 5.15. The topological polar surface area (TPSA) is 39.1 Å². The van der Waals surface area contributed by atoms with Gasteiger partial charge in [0, 0.05) is 19.1 Å². The maximum absolute atomic E-state index is 13.5. The molecule has 90 valence electrons. The van der Waals surface area contributed by atoms with E-state index in [1.54, 1.807) is 6.07 Å². The van der Waals surface area contributed by atoms with Crippen LogP contribution in [0.4, 0.5) is 10.1 Å². The summed E-state index contributed by atoms with van der Waals surface area (Å²) in [6.07, 6.45) is 2.19. The van der Waals surface area contributed by atoms with Crippen molar-refractivity contribution in [1.29, 1.82) is 5.26 Å². The van der Waals surface area contributed by atoms with Crippen LogP contribution in [0.3, 0.4) is 0 Å². The zero-order valence-corrected chi connectivity index (χ0v) is 9.91. The highest BCUT2D eigenvalue weighted by atomic mass is 19.1. The van der Waals surface area contributed by atoms with Crippen molar-refractivity contribution in [3.63, 3.8) is 0 Å². The van der Waals surface area contributed by atoms with E-state index in [1.165, 1.54) is 6.07 Å². The molecule has 1 aliphatic heterocycles. The first-order chi connectivity index (χ1) is 8.26. The Kier molecular flexibility index (Phi) is 3.60. The number of nitrogens with one attached hydrogen (secondary N) is 1. The van der Waals surface area contributed by atoms with Crippen molar-refractivity contribution in [2.75, 3.05) is 25.0 Å². The van der Waals surface area contributed by atoms with E-state index >= 15 is 0 Å². The summed E-state index contributed by atoms with van der Waals surface area (Å²) in [4.78, 5) is 2.09. The van der Waals surface area contributed by atoms with Gasteiger partial charge in [-0.05, 0) is 32.0 Å². The highest BCUT2D eigenvalue weighted by molar-refractivity contribution is 5.60. The number of nitriles is 1. The molecule has 0 amide bonds. The van der Waals surface area contributed by atoms with Crippen molar-refractivity contribution in [2.45, 2.75) is 18.9 Å². The average Bonchev–Trinajstić information content (AvgIpc) is 2.38. The molecule has 1 aromatic carbocycles. The number of hydrogen-bond donors (Lipinski definition) is 1. The SMILES string of the molecule is CNC1CCCN(c2cccc(F)c2C#N)C1. The van der Waals surface area contributed by atoms with Crippen molar-refractivity contribution in [3.8, 4) is 6.07 Å². The molecule has 1 fully saturated rings. The highest BCUT2D eigenvalue weighted by Gasteiger charge is 2.21. The summed E-state index contributed by atoms with van der Waals surface area (Å²) in [5.41, 5.74) is 0.872. The molecular formula is C13H16FN3. The summed E-state index contributed by atoms with van der Waals surface area (Å²) in [6.45, 7) is 1.71. The lowest BCUT2D eigenvalue weighted by Crippen LogP contribution is -2.44. The maximum Gasteiger partial charge on any atom is 0.143 e. The summed E-state index contributed by atoms with van der Waals surface area (Å²) in [5, 5.41) is 12.3. The Bertz CT molecular complexity index is 439. The van der Waals surface area contributed by atoms with Crippen LogP contribution in [0.25, 0.3) is 0 Å². The molecule has 1 aromatic rings. The largest absolute Gasteiger partial charge is 0.369 e. The summed E-state index contributed by atoms with van der Waals surface area (Å²) >= 11 is 0. The standard InChI is InChI=1S/C13H16FN3/c1-16-10-4-3-7-17(9-10)13-6-2-5-12(14)11(13)8-15/h2,5-6,10,16H,3-4,7,9H2,1H3. The maximum atomic E-state index is 13.5. The van der Waals surface area contributed by atoms with Crippen molar-refractivity contribution < 1.29 is 4.39 Å². The van der Waals surface area contributed by atoms with Crippen molar-refractivity contribution in [2.24, 2.45) is 0 Å². The Morgan fingerprint density at radius 1 is 1.53 bits per heavy atom. The van der Waals surface area contributed by atoms with Crippen LogP contribution in [0.15, 0.2) is 18.2 Å². The molecule has 1 N–H and O–H groups in total. The summed E-state index contributed by atoms with van der Waals surface area (Å²) in [6, 6.07) is 7.19. The highest BCUT2D eigenvalue weighted by Crippen LogP contribution is 2.25. The first-order valence-electron chi connectivity index (χ1n) is 5.87. The average molecular weight is 233 g/mol. The third-order valence-corrected chi connectivity index (χ3v) is 3.27. The molecular weight excluding hydrogens is 217 g/mol. The molecule has 3 nitrogen and oxygen atoms in total. The van der Waals surface area contributed by atoms with Gasteiger partial charge in [-0.25, -0.2) is 4.39 Å². The van der Waals surface area contributed by atoms with Gasteiger partial charge in [-0.15, -0.1) is 0 Å². The fourth-order valence-corrected chi connectivity index (χ4v) is 2.32. The molecule has 1 aliphatic rings. The van der Waals surface area contributed by atoms with Gasteiger partial charge in [0.1, 0.15) is 17.4 Å². The third-order valence-electron chi connectivity index (χ3n) is 3.27. The Morgan fingerprint density at radius 3 is 3.06 bits per heavy atom. The Labute approximate surface area is 101 Å². The zero-order chi connectivity index (χ0) is 12.3. The van der Waals surface area contributed by atoms with E-state index < -0.39 is 5.82 Å². The van der Waals surface area contributed by atoms with Gasteiger partial charge in [0.05, 0.1) is 5.69 Å². The number of benzene rings is 1. The lowest BCUT2D eigenvalue weighted by atomic mass is 10.0. The number of halogens is 1. The van der Waals surface area contributed by atoms with Gasteiger partial charge in [-0.1, -0.05) is 6.07 Å². The van der Waals surface area contributed by atoms with Gasteiger partial charge in [-0.3, -0.25) is 0 Å². The lowest BCUT2D eigenvalue weighted by molar-refractivity contribution is 0.449. The summed E-state index contributed by atoms with van der Waals surface area (Å²) in [7, 11) is 1.94. The van der Waals surface area contributed by atoms with E-state index in [4.69, 9.17) is 5.26 Å². The lowest BCUT2D eigenvalue weighted by Gasteiger charge is -2.34. The number of rotatable bonds is 2. The number of hydrogen-bond acceptors (Lipinski definition) is 3. The smallest absolute Gasteiger partial charge is 0.143 e. The molecule has 0 saturated carbocycles. The van der Waals surface area contributed by atoms with Crippen LogP contribution in [-0.2, 0) is 0 Å². The molecule has 1 saturated heterocycles. The number of nitrogens with zero attached hydrogens (tertiary/aromatic N) is 2. The van der Waals surface area contributed by atoms with E-state index in [0.717, 1.165) is 25.9 Å². The van der Waals surface area contributed by atoms with Crippen LogP contribution in [0.5, 0.6) is 0 Å². The molecule has 0 aliphatic carbocycles. The quantitative estimate of drug-likeness (QED) is 0.847. The Morgan fingerprint density at radius 2 is 2.35 bits per heavy atom. The van der Waals surface area contributed by atoms with Crippen LogP contribution < -0.4 is 10.2 Å². The molecule has 1 heterocycles. The minimum absolute atomic E-state index is 0.157. The summed E-state index contributed by atoms with van der Waals surface area (Å²) < 4.78 is 13.5. The van der Waals surface area contributed by atoms with Gasteiger partial charge < -0.3 is 10.2 Å². The van der Waals surface area contributed by atoms with Crippen LogP contribution in [-0.4, -0.2) is 26.2 Å². The fraction of sp³-hybridized carbons (Fsp3) is 0.462. The molecule has 0 aromatic heterocycles. The normalized spacial score (nSPS) is 20.1. The predicted octanol–water partition coefficient (Wildman–Crippen LogP) is 1.89. The van der Waals surface area contributed by atoms with Crippen molar-refractivity contribution >= 4 is 5.69 Å². The zero-order valence-electron chi connectivity index (χ0n) is 9.91. The third kappa shape index (κ3) is 2.40. The fourth-order valence-electron chi connectivity index (χ4n) is 2.32. The number of anilines is 1. The first kappa shape index (κ1) is 11.9. The van der Waals surface area contributed by atoms with Crippen LogP contribution in [0.1, 0.15) is 18.4 Å². The molecule has 4 heteroatoms. The van der Waals surface area contributed by atoms with Crippen LogP contribution in [0, 0.1) is 17.1 Å². The molecule has 1 atom stereocenters. The minimum Gasteiger partial charge on any atom is -0.369 e. The molecule has 0 radical (unpaired) electrons. The molecule has 0 bridgehead atoms. The van der Waals surface area contributed by atoms with Gasteiger partial charge in [0.2, 0.25) is 0 Å². The monoisotopic (exact) mass is 233 g/mol. The van der Waals surface area contributed by atoms with E-state index in [-0.39, 0.29) is 5.56 Å². The minimum atomic E-state index is -0.434. The van der Waals surface area contributed by atoms with Gasteiger partial charge in [0.15, 0.2) is 0 Å². The van der Waals surface area contributed by atoms with Gasteiger partial charge in [-0.2, -0.15) is 5.26 Å². The van der Waals surface area contributed by atoms with E-state index in [1.807, 2.05) is 19.2 Å². The van der Waals surface area contributed by atoms with Gasteiger partial charge >= 0.3 is 0 Å². The molecule has 2 rings (SSSR count). The van der Waals surface area contributed by atoms with Crippen LogP contribution >= 0.6 is 0 Å². The van der Waals surface area contributed by atoms with E-state index in [0.29, 0.717) is 11.7 Å². The van der Waals surface area contributed by atoms with E-state index in [9.17, 15) is 4.39 Å². The second-order valence-electron chi connectivity index (χ2n) is 4.32. The number of piperidine rings is 1. The molecule has 0 spiro atoms. The Balaban J connectivity index is 2.28. The number of likely N-dealkylation sites (N-methyl/N-ethyl adjacent to an activating group) is 1. The predicted molar refractivity (Wildman–Crippen MR) is 65.4 cm³/mol. The summed E-state index contributed by atoms with van der Waals surface area (Å²) in [5.74, 6) is -0.434. The van der Waals surface area contributed by atoms with E-state index in [2.05, 4.69) is 10.2 Å². The Hall–Kier alpha value is -1.60. The second-order valence-corrected chi connectivity index (χ2v) is 4.32. The molecule has 17 heavy (non-hydrogen) atoms. The van der Waals surface area contributed by atoms with Gasteiger partial charge in [0.25, 0.3) is 0 Å². The van der Waals surface area contributed by atoms with Crippen molar-refractivity contribution in [3.05, 3.63) is 29.6 Å².